The molecule has 0 bridgehead atoms. The molecule has 0 aliphatic rings. The Hall–Kier alpha value is -0.540. The molecule has 0 saturated heterocycles. The number of nitrogens with two attached hydrogens (primary N) is 1. The maximum atomic E-state index is 5.75. The highest BCUT2D eigenvalue weighted by atomic mass is 79.9. The van der Waals surface area contributed by atoms with Gasteiger partial charge in [0.25, 0.3) is 0 Å². The van der Waals surface area contributed by atoms with Crippen LogP contribution in [0.15, 0.2) is 16.6 Å². The average molecular weight is 272 g/mol. The SMILES string of the molecule is CCCCOc1c(C)cc(Br)cc1CN. The molecule has 1 rings (SSSR count). The molecule has 0 heterocycles. The van der Waals surface area contributed by atoms with Crippen LogP contribution >= 0.6 is 15.9 Å². The maximum Gasteiger partial charge on any atom is 0.126 e. The average Bonchev–Trinajstić information content (AvgIpc) is 2.20. The van der Waals surface area contributed by atoms with Crippen LogP contribution in [0, 0.1) is 6.92 Å². The van der Waals surface area contributed by atoms with Gasteiger partial charge in [0.2, 0.25) is 0 Å². The predicted molar refractivity (Wildman–Crippen MR) is 67.2 cm³/mol. The Morgan fingerprint density at radius 3 is 2.73 bits per heavy atom. The summed E-state index contributed by atoms with van der Waals surface area (Å²) in [5.74, 6) is 0.953. The van der Waals surface area contributed by atoms with Crippen molar-refractivity contribution in [2.75, 3.05) is 6.61 Å². The van der Waals surface area contributed by atoms with Crippen molar-refractivity contribution in [1.29, 1.82) is 0 Å². The Morgan fingerprint density at radius 1 is 1.40 bits per heavy atom. The number of halogens is 1. The van der Waals surface area contributed by atoms with Gasteiger partial charge in [-0.25, -0.2) is 0 Å². The third-order valence-electron chi connectivity index (χ3n) is 2.28. The molecule has 0 aromatic heterocycles. The van der Waals surface area contributed by atoms with Gasteiger partial charge in [0, 0.05) is 16.6 Å². The van der Waals surface area contributed by atoms with Crippen LogP contribution in [0.2, 0.25) is 0 Å². The first kappa shape index (κ1) is 12.5. The van der Waals surface area contributed by atoms with Gasteiger partial charge in [-0.15, -0.1) is 0 Å². The summed E-state index contributed by atoms with van der Waals surface area (Å²) in [5, 5.41) is 0. The van der Waals surface area contributed by atoms with E-state index in [1.54, 1.807) is 0 Å². The van der Waals surface area contributed by atoms with Crippen LogP contribution in [-0.2, 0) is 6.54 Å². The van der Waals surface area contributed by atoms with Crippen molar-refractivity contribution in [3.8, 4) is 5.75 Å². The molecule has 1 aromatic carbocycles. The third kappa shape index (κ3) is 3.50. The number of ether oxygens (including phenoxy) is 1. The molecule has 0 radical (unpaired) electrons. The molecule has 0 fully saturated rings. The van der Waals surface area contributed by atoms with E-state index in [9.17, 15) is 0 Å². The highest BCUT2D eigenvalue weighted by molar-refractivity contribution is 9.10. The molecule has 0 saturated carbocycles. The van der Waals surface area contributed by atoms with Crippen LogP contribution in [0.4, 0.5) is 0 Å². The van der Waals surface area contributed by atoms with Crippen LogP contribution in [0.3, 0.4) is 0 Å². The molecular formula is C12H18BrNO. The largest absolute Gasteiger partial charge is 0.493 e. The van der Waals surface area contributed by atoms with Crippen molar-refractivity contribution in [1.82, 2.24) is 0 Å². The molecule has 2 N–H and O–H groups in total. The Morgan fingerprint density at radius 2 is 2.13 bits per heavy atom. The van der Waals surface area contributed by atoms with Gasteiger partial charge in [0.15, 0.2) is 0 Å². The first-order chi connectivity index (χ1) is 7.19. The van der Waals surface area contributed by atoms with Crippen LogP contribution in [-0.4, -0.2) is 6.61 Å². The Balaban J connectivity index is 2.84. The van der Waals surface area contributed by atoms with Crippen LogP contribution in [0.5, 0.6) is 5.75 Å². The summed E-state index contributed by atoms with van der Waals surface area (Å²) in [7, 11) is 0. The molecule has 0 amide bonds. The number of hydrogen-bond donors (Lipinski definition) is 1. The van der Waals surface area contributed by atoms with Gasteiger partial charge >= 0.3 is 0 Å². The number of aryl methyl sites for hydroxylation is 1. The summed E-state index contributed by atoms with van der Waals surface area (Å²) >= 11 is 3.46. The first-order valence-electron chi connectivity index (χ1n) is 5.31. The monoisotopic (exact) mass is 271 g/mol. The fraction of sp³-hybridized carbons (Fsp3) is 0.500. The quantitative estimate of drug-likeness (QED) is 0.834. The minimum atomic E-state index is 0.516. The number of unbranched alkanes of at least 4 members (excludes halogenated alkanes) is 1. The van der Waals surface area contributed by atoms with Gasteiger partial charge in [-0.3, -0.25) is 0 Å². The summed E-state index contributed by atoms with van der Waals surface area (Å²) in [5.41, 5.74) is 7.90. The zero-order valence-corrected chi connectivity index (χ0v) is 10.9. The second-order valence-electron chi connectivity index (χ2n) is 3.62. The molecular weight excluding hydrogens is 254 g/mol. The lowest BCUT2D eigenvalue weighted by molar-refractivity contribution is 0.304. The number of hydrogen-bond acceptors (Lipinski definition) is 2. The van der Waals surface area contributed by atoms with E-state index >= 15 is 0 Å². The highest BCUT2D eigenvalue weighted by Gasteiger charge is 2.07. The van der Waals surface area contributed by atoms with E-state index in [-0.39, 0.29) is 0 Å². The minimum absolute atomic E-state index is 0.516. The van der Waals surface area contributed by atoms with Crippen LogP contribution in [0.1, 0.15) is 30.9 Å². The predicted octanol–water partition coefficient (Wildman–Crippen LogP) is 3.40. The lowest BCUT2D eigenvalue weighted by Gasteiger charge is -2.13. The van der Waals surface area contributed by atoms with Gasteiger partial charge in [-0.2, -0.15) is 0 Å². The minimum Gasteiger partial charge on any atom is -0.493 e. The zero-order valence-electron chi connectivity index (χ0n) is 9.35. The second-order valence-corrected chi connectivity index (χ2v) is 4.53. The third-order valence-corrected chi connectivity index (χ3v) is 2.74. The van der Waals surface area contributed by atoms with Crippen molar-refractivity contribution in [3.05, 3.63) is 27.7 Å². The summed E-state index contributed by atoms with van der Waals surface area (Å²) < 4.78 is 6.81. The Kier molecular flexibility index (Phi) is 5.12. The van der Waals surface area contributed by atoms with Gasteiger partial charge < -0.3 is 10.5 Å². The summed E-state index contributed by atoms with van der Waals surface area (Å²) in [6.45, 7) is 5.49. The van der Waals surface area contributed by atoms with Crippen LogP contribution in [0.25, 0.3) is 0 Å². The lowest BCUT2D eigenvalue weighted by Crippen LogP contribution is -2.05. The van der Waals surface area contributed by atoms with Crippen molar-refractivity contribution in [3.63, 3.8) is 0 Å². The lowest BCUT2D eigenvalue weighted by atomic mass is 10.1. The molecule has 0 aliphatic heterocycles. The molecule has 15 heavy (non-hydrogen) atoms. The van der Waals surface area contributed by atoms with Gasteiger partial charge in [0.05, 0.1) is 6.61 Å². The fourth-order valence-corrected chi connectivity index (χ4v) is 2.10. The van der Waals surface area contributed by atoms with E-state index < -0.39 is 0 Å². The number of benzene rings is 1. The zero-order chi connectivity index (χ0) is 11.3. The molecule has 3 heteroatoms. The Labute approximate surface area is 99.9 Å². The van der Waals surface area contributed by atoms with E-state index in [2.05, 4.69) is 28.9 Å². The van der Waals surface area contributed by atoms with Gasteiger partial charge in [0.1, 0.15) is 5.75 Å². The molecule has 0 unspecified atom stereocenters. The molecule has 2 nitrogen and oxygen atoms in total. The first-order valence-corrected chi connectivity index (χ1v) is 6.10. The van der Waals surface area contributed by atoms with E-state index in [0.29, 0.717) is 6.54 Å². The van der Waals surface area contributed by atoms with Gasteiger partial charge in [-0.05, 0) is 31.0 Å². The fourth-order valence-electron chi connectivity index (χ4n) is 1.48. The summed E-state index contributed by atoms with van der Waals surface area (Å²) in [6.07, 6.45) is 2.23. The topological polar surface area (TPSA) is 35.2 Å². The van der Waals surface area contributed by atoms with E-state index in [1.165, 1.54) is 0 Å². The van der Waals surface area contributed by atoms with Crippen LogP contribution < -0.4 is 10.5 Å². The summed E-state index contributed by atoms with van der Waals surface area (Å²) in [4.78, 5) is 0. The molecule has 84 valence electrons. The standard InChI is InChI=1S/C12H18BrNO/c1-3-4-5-15-12-9(2)6-11(13)7-10(12)8-14/h6-7H,3-5,8,14H2,1-2H3. The normalized spacial score (nSPS) is 10.4. The maximum absolute atomic E-state index is 5.75. The number of rotatable bonds is 5. The van der Waals surface area contributed by atoms with Crippen molar-refractivity contribution in [2.45, 2.75) is 33.2 Å². The molecule has 0 atom stereocenters. The van der Waals surface area contributed by atoms with Crippen molar-refractivity contribution < 1.29 is 4.74 Å². The van der Waals surface area contributed by atoms with Crippen molar-refractivity contribution >= 4 is 15.9 Å². The van der Waals surface area contributed by atoms with E-state index in [1.807, 2.05) is 13.0 Å². The van der Waals surface area contributed by atoms with E-state index in [4.69, 9.17) is 10.5 Å². The van der Waals surface area contributed by atoms with Gasteiger partial charge in [-0.1, -0.05) is 29.3 Å². The Bertz CT molecular complexity index is 326. The van der Waals surface area contributed by atoms with E-state index in [0.717, 1.165) is 40.8 Å². The summed E-state index contributed by atoms with van der Waals surface area (Å²) in [6, 6.07) is 4.08. The molecule has 0 spiro atoms. The second kappa shape index (κ2) is 6.13. The molecule has 1 aromatic rings. The van der Waals surface area contributed by atoms with Crippen molar-refractivity contribution in [2.24, 2.45) is 5.73 Å². The smallest absolute Gasteiger partial charge is 0.126 e. The highest BCUT2D eigenvalue weighted by Crippen LogP contribution is 2.27. The molecule has 0 aliphatic carbocycles.